The van der Waals surface area contributed by atoms with Crippen LogP contribution in [0.3, 0.4) is 0 Å². The SMILES string of the molecule is Cc1cccc(N(c2ccc(-c3ccc(N(c4ccccc4)c4ccccc4)cc3)cc2)c2cccc(C)c2)c1. The highest BCUT2D eigenvalue weighted by Gasteiger charge is 2.14. The fourth-order valence-electron chi connectivity index (χ4n) is 5.19. The maximum atomic E-state index is 2.32. The minimum Gasteiger partial charge on any atom is -0.311 e. The van der Waals surface area contributed by atoms with Gasteiger partial charge < -0.3 is 9.80 Å². The van der Waals surface area contributed by atoms with Gasteiger partial charge in [0.1, 0.15) is 0 Å². The zero-order valence-corrected chi connectivity index (χ0v) is 22.9. The van der Waals surface area contributed by atoms with Gasteiger partial charge in [-0.25, -0.2) is 0 Å². The van der Waals surface area contributed by atoms with E-state index in [-0.39, 0.29) is 0 Å². The normalized spacial score (nSPS) is 10.8. The molecule has 0 heterocycles. The topological polar surface area (TPSA) is 6.48 Å². The van der Waals surface area contributed by atoms with Crippen molar-refractivity contribution in [2.24, 2.45) is 0 Å². The predicted octanol–water partition coefficient (Wildman–Crippen LogP) is 10.9. The summed E-state index contributed by atoms with van der Waals surface area (Å²) in [5, 5.41) is 0. The van der Waals surface area contributed by atoms with E-state index in [4.69, 9.17) is 0 Å². The molecule has 0 fully saturated rings. The van der Waals surface area contributed by atoms with E-state index < -0.39 is 0 Å². The highest BCUT2D eigenvalue weighted by atomic mass is 15.1. The number of anilines is 6. The van der Waals surface area contributed by atoms with E-state index in [0.717, 1.165) is 34.1 Å². The summed E-state index contributed by atoms with van der Waals surface area (Å²) in [4.78, 5) is 4.61. The lowest BCUT2D eigenvalue weighted by Crippen LogP contribution is -2.10. The van der Waals surface area contributed by atoms with Gasteiger partial charge in [0.15, 0.2) is 0 Å². The molecule has 40 heavy (non-hydrogen) atoms. The Hall–Kier alpha value is -5.08. The first-order chi connectivity index (χ1) is 19.7. The van der Waals surface area contributed by atoms with Crippen molar-refractivity contribution in [3.63, 3.8) is 0 Å². The van der Waals surface area contributed by atoms with E-state index in [1.165, 1.54) is 22.3 Å². The summed E-state index contributed by atoms with van der Waals surface area (Å²) < 4.78 is 0. The third-order valence-electron chi connectivity index (χ3n) is 7.13. The fraction of sp³-hybridized carbons (Fsp3) is 0.0526. The van der Waals surface area contributed by atoms with Crippen LogP contribution in [0.2, 0.25) is 0 Å². The zero-order chi connectivity index (χ0) is 27.3. The molecule has 0 aliphatic carbocycles. The second-order valence-corrected chi connectivity index (χ2v) is 10.1. The second kappa shape index (κ2) is 11.3. The quantitative estimate of drug-likeness (QED) is 0.208. The first-order valence-corrected chi connectivity index (χ1v) is 13.7. The molecule has 0 spiro atoms. The van der Waals surface area contributed by atoms with Crippen LogP contribution in [0.25, 0.3) is 11.1 Å². The average Bonchev–Trinajstić information content (AvgIpc) is 3.00. The Morgan fingerprint density at radius 1 is 0.300 bits per heavy atom. The molecular weight excluding hydrogens is 484 g/mol. The molecule has 0 saturated carbocycles. The summed E-state index contributed by atoms with van der Waals surface area (Å²) in [5.74, 6) is 0. The summed E-state index contributed by atoms with van der Waals surface area (Å²) in [5.41, 5.74) is 11.7. The molecule has 2 nitrogen and oxygen atoms in total. The van der Waals surface area contributed by atoms with Gasteiger partial charge in [0, 0.05) is 34.1 Å². The Labute approximate surface area is 237 Å². The number of benzene rings is 6. The van der Waals surface area contributed by atoms with Crippen molar-refractivity contribution in [1.29, 1.82) is 0 Å². The van der Waals surface area contributed by atoms with Crippen LogP contribution >= 0.6 is 0 Å². The minimum atomic E-state index is 1.13. The predicted molar refractivity (Wildman–Crippen MR) is 171 cm³/mol. The largest absolute Gasteiger partial charge is 0.311 e. The first kappa shape index (κ1) is 25.2. The Balaban J connectivity index is 1.32. The van der Waals surface area contributed by atoms with Gasteiger partial charge in [0.2, 0.25) is 0 Å². The third kappa shape index (κ3) is 5.39. The van der Waals surface area contributed by atoms with Crippen molar-refractivity contribution in [3.05, 3.63) is 169 Å². The fourth-order valence-corrected chi connectivity index (χ4v) is 5.19. The monoisotopic (exact) mass is 516 g/mol. The van der Waals surface area contributed by atoms with Gasteiger partial charge in [-0.15, -0.1) is 0 Å². The van der Waals surface area contributed by atoms with Crippen LogP contribution in [0.4, 0.5) is 34.1 Å². The lowest BCUT2D eigenvalue weighted by molar-refractivity contribution is 1.26. The van der Waals surface area contributed by atoms with E-state index >= 15 is 0 Å². The molecule has 0 saturated heterocycles. The molecule has 194 valence electrons. The van der Waals surface area contributed by atoms with Crippen molar-refractivity contribution in [2.45, 2.75) is 13.8 Å². The lowest BCUT2D eigenvalue weighted by Gasteiger charge is -2.26. The number of rotatable bonds is 7. The molecule has 0 aliphatic heterocycles. The number of hydrogen-bond donors (Lipinski definition) is 0. The molecule has 0 amide bonds. The highest BCUT2D eigenvalue weighted by Crippen LogP contribution is 2.38. The van der Waals surface area contributed by atoms with Crippen molar-refractivity contribution >= 4 is 34.1 Å². The summed E-state index contributed by atoms with van der Waals surface area (Å²) in [7, 11) is 0. The third-order valence-corrected chi connectivity index (χ3v) is 7.13. The maximum Gasteiger partial charge on any atom is 0.0464 e. The van der Waals surface area contributed by atoms with E-state index in [9.17, 15) is 0 Å². The number of nitrogens with zero attached hydrogens (tertiary/aromatic N) is 2. The molecule has 0 aliphatic rings. The molecule has 0 radical (unpaired) electrons. The van der Waals surface area contributed by atoms with Crippen molar-refractivity contribution in [1.82, 2.24) is 0 Å². The van der Waals surface area contributed by atoms with Crippen LogP contribution in [0, 0.1) is 13.8 Å². The van der Waals surface area contributed by atoms with E-state index in [1.54, 1.807) is 0 Å². The molecular formula is C38H32N2. The Morgan fingerprint density at radius 2 is 0.625 bits per heavy atom. The summed E-state index contributed by atoms with van der Waals surface area (Å²) in [6.07, 6.45) is 0. The van der Waals surface area contributed by atoms with Crippen molar-refractivity contribution in [2.75, 3.05) is 9.80 Å². The molecule has 2 heteroatoms. The molecule has 6 aromatic rings. The Bertz CT molecular complexity index is 1600. The standard InChI is InChI=1S/C38H32N2/c1-29-11-9-17-37(27-29)40(38-18-10-12-30(2)28-38)36-25-21-32(22-26-36)31-19-23-35(24-20-31)39(33-13-5-3-6-14-33)34-15-7-4-8-16-34/h3-28H,1-2H3. The van der Waals surface area contributed by atoms with Gasteiger partial charge in [0.05, 0.1) is 0 Å². The average molecular weight is 517 g/mol. The van der Waals surface area contributed by atoms with Crippen LogP contribution in [0.5, 0.6) is 0 Å². The maximum absolute atomic E-state index is 2.32. The van der Waals surface area contributed by atoms with Gasteiger partial charge in [-0.1, -0.05) is 84.9 Å². The van der Waals surface area contributed by atoms with E-state index in [0.29, 0.717) is 0 Å². The van der Waals surface area contributed by atoms with Crippen LogP contribution < -0.4 is 9.80 Å². The van der Waals surface area contributed by atoms with E-state index in [1.807, 2.05) is 0 Å². The van der Waals surface area contributed by atoms with Crippen molar-refractivity contribution in [3.8, 4) is 11.1 Å². The van der Waals surface area contributed by atoms with Gasteiger partial charge in [-0.3, -0.25) is 0 Å². The molecule has 0 atom stereocenters. The lowest BCUT2D eigenvalue weighted by atomic mass is 10.0. The summed E-state index contributed by atoms with van der Waals surface area (Å²) >= 11 is 0. The highest BCUT2D eigenvalue weighted by molar-refractivity contribution is 5.80. The summed E-state index contributed by atoms with van der Waals surface area (Å²) in [6.45, 7) is 4.28. The molecule has 0 unspecified atom stereocenters. The number of hydrogen-bond acceptors (Lipinski definition) is 2. The van der Waals surface area contributed by atoms with Crippen LogP contribution in [0.15, 0.2) is 158 Å². The van der Waals surface area contributed by atoms with Crippen LogP contribution in [0.1, 0.15) is 11.1 Å². The van der Waals surface area contributed by atoms with Crippen LogP contribution in [-0.2, 0) is 0 Å². The molecule has 6 rings (SSSR count). The van der Waals surface area contributed by atoms with Gasteiger partial charge in [0.25, 0.3) is 0 Å². The Kier molecular flexibility index (Phi) is 7.15. The smallest absolute Gasteiger partial charge is 0.0464 e. The molecule has 6 aromatic carbocycles. The van der Waals surface area contributed by atoms with Gasteiger partial charge in [-0.05, 0) is 109 Å². The van der Waals surface area contributed by atoms with Crippen molar-refractivity contribution < 1.29 is 0 Å². The first-order valence-electron chi connectivity index (χ1n) is 13.7. The zero-order valence-electron chi connectivity index (χ0n) is 22.9. The second-order valence-electron chi connectivity index (χ2n) is 10.1. The van der Waals surface area contributed by atoms with Gasteiger partial charge >= 0.3 is 0 Å². The van der Waals surface area contributed by atoms with Crippen LogP contribution in [-0.4, -0.2) is 0 Å². The molecule has 0 N–H and O–H groups in total. The Morgan fingerprint density at radius 3 is 1.00 bits per heavy atom. The summed E-state index contributed by atoms with van der Waals surface area (Å²) in [6, 6.07) is 56.1. The number of aryl methyl sites for hydroxylation is 2. The van der Waals surface area contributed by atoms with E-state index in [2.05, 4.69) is 181 Å². The molecule has 0 aromatic heterocycles. The number of para-hydroxylation sites is 2. The molecule has 0 bridgehead atoms. The minimum absolute atomic E-state index is 1.13. The van der Waals surface area contributed by atoms with Gasteiger partial charge in [-0.2, -0.15) is 0 Å².